The van der Waals surface area contributed by atoms with Crippen LogP contribution in [0.4, 0.5) is 11.5 Å². The number of aryl methyl sites for hydroxylation is 1. The molecule has 8 nitrogen and oxygen atoms in total. The van der Waals surface area contributed by atoms with E-state index in [0.29, 0.717) is 17.9 Å². The van der Waals surface area contributed by atoms with Crippen LogP contribution in [-0.2, 0) is 16.4 Å². The molecule has 1 aromatic carbocycles. The molecule has 180 valence electrons. The highest BCUT2D eigenvalue weighted by molar-refractivity contribution is 7.92. The van der Waals surface area contributed by atoms with E-state index in [4.69, 9.17) is 0 Å². The van der Waals surface area contributed by atoms with Gasteiger partial charge in [-0.2, -0.15) is 0 Å². The van der Waals surface area contributed by atoms with E-state index in [9.17, 15) is 13.2 Å². The molecule has 2 heterocycles. The Labute approximate surface area is 197 Å². The first-order valence-corrected chi connectivity index (χ1v) is 13.2. The average Bonchev–Trinajstić information content (AvgIpc) is 2.83. The van der Waals surface area contributed by atoms with Gasteiger partial charge in [-0.15, -0.1) is 0 Å². The fourth-order valence-corrected chi connectivity index (χ4v) is 4.87. The Morgan fingerprint density at radius 3 is 2.48 bits per heavy atom. The van der Waals surface area contributed by atoms with Gasteiger partial charge in [0.2, 0.25) is 0 Å². The zero-order valence-corrected chi connectivity index (χ0v) is 20.6. The Morgan fingerprint density at radius 1 is 1.15 bits per heavy atom. The number of carbonyl (C=O) groups excluding carboxylic acids is 1. The Bertz CT molecular complexity index is 1030. The predicted molar refractivity (Wildman–Crippen MR) is 132 cm³/mol. The summed E-state index contributed by atoms with van der Waals surface area (Å²) in [4.78, 5) is 21.7. The maximum Gasteiger partial charge on any atom is 0.261 e. The molecule has 0 aliphatic carbocycles. The maximum atomic E-state index is 13.3. The largest absolute Gasteiger partial charge is 0.353 e. The van der Waals surface area contributed by atoms with E-state index in [2.05, 4.69) is 33.8 Å². The number of benzene rings is 1. The molecule has 33 heavy (non-hydrogen) atoms. The number of hydrogen-bond acceptors (Lipinski definition) is 6. The number of carbonyl (C=O) groups is 1. The van der Waals surface area contributed by atoms with Crippen LogP contribution in [0.3, 0.4) is 0 Å². The number of pyridine rings is 1. The molecule has 0 bridgehead atoms. The summed E-state index contributed by atoms with van der Waals surface area (Å²) in [5.41, 5.74) is 1.79. The second kappa shape index (κ2) is 11.5. The number of nitrogens with one attached hydrogen (secondary N) is 2. The van der Waals surface area contributed by atoms with Crippen LogP contribution in [0.25, 0.3) is 0 Å². The topological polar surface area (TPSA) is 94.6 Å². The molecule has 1 saturated heterocycles. The summed E-state index contributed by atoms with van der Waals surface area (Å²) in [6.07, 6.45) is 5.28. The Hall–Kier alpha value is -2.65. The normalized spacial score (nSPS) is 14.2. The second-order valence-corrected chi connectivity index (χ2v) is 10.1. The minimum atomic E-state index is -3.80. The van der Waals surface area contributed by atoms with Crippen molar-refractivity contribution < 1.29 is 13.2 Å². The summed E-state index contributed by atoms with van der Waals surface area (Å²) < 4.78 is 28.5. The minimum absolute atomic E-state index is 0.158. The van der Waals surface area contributed by atoms with Crippen LogP contribution < -0.4 is 14.9 Å². The van der Waals surface area contributed by atoms with E-state index in [1.165, 1.54) is 6.20 Å². The van der Waals surface area contributed by atoms with Gasteiger partial charge in [0.25, 0.3) is 15.9 Å². The van der Waals surface area contributed by atoms with Crippen LogP contribution in [0.2, 0.25) is 0 Å². The fourth-order valence-electron chi connectivity index (χ4n) is 3.84. The van der Waals surface area contributed by atoms with E-state index in [1.807, 2.05) is 12.1 Å². The predicted octanol–water partition coefficient (Wildman–Crippen LogP) is 3.12. The van der Waals surface area contributed by atoms with Crippen molar-refractivity contribution in [3.8, 4) is 0 Å². The lowest BCUT2D eigenvalue weighted by molar-refractivity contribution is 0.0793. The SMILES string of the molecule is CCCCN(C)C(=O)c1cc(NS(=O)(=O)c2ccc(CCC)cc2)cnc1N1CCNCC1. The van der Waals surface area contributed by atoms with Crippen LogP contribution in [0.5, 0.6) is 0 Å². The molecule has 0 saturated carbocycles. The molecule has 1 aliphatic heterocycles. The summed E-state index contributed by atoms with van der Waals surface area (Å²) in [6.45, 7) is 7.89. The Morgan fingerprint density at radius 2 is 1.85 bits per heavy atom. The van der Waals surface area contributed by atoms with Crippen LogP contribution in [0.1, 0.15) is 49.0 Å². The monoisotopic (exact) mass is 473 g/mol. The van der Waals surface area contributed by atoms with Crippen molar-refractivity contribution in [2.24, 2.45) is 0 Å². The lowest BCUT2D eigenvalue weighted by Crippen LogP contribution is -2.45. The molecule has 1 amide bonds. The molecule has 3 rings (SSSR count). The highest BCUT2D eigenvalue weighted by atomic mass is 32.2. The average molecular weight is 474 g/mol. The van der Waals surface area contributed by atoms with Gasteiger partial charge >= 0.3 is 0 Å². The molecule has 1 aromatic heterocycles. The number of unbranched alkanes of at least 4 members (excludes halogenated alkanes) is 1. The van der Waals surface area contributed by atoms with Gasteiger partial charge in [-0.1, -0.05) is 38.8 Å². The molecular formula is C24H35N5O3S. The molecule has 0 atom stereocenters. The van der Waals surface area contributed by atoms with Gasteiger partial charge in [0.15, 0.2) is 0 Å². The van der Waals surface area contributed by atoms with Crippen LogP contribution in [0, 0.1) is 0 Å². The smallest absolute Gasteiger partial charge is 0.261 e. The molecule has 2 N–H and O–H groups in total. The van der Waals surface area contributed by atoms with E-state index >= 15 is 0 Å². The van der Waals surface area contributed by atoms with Crippen LogP contribution in [-0.4, -0.2) is 64.0 Å². The van der Waals surface area contributed by atoms with Crippen molar-refractivity contribution in [2.75, 3.05) is 49.4 Å². The first-order valence-electron chi connectivity index (χ1n) is 11.7. The molecule has 0 spiro atoms. The summed E-state index contributed by atoms with van der Waals surface area (Å²) in [7, 11) is -2.03. The van der Waals surface area contributed by atoms with E-state index in [-0.39, 0.29) is 16.5 Å². The summed E-state index contributed by atoms with van der Waals surface area (Å²) in [5.74, 6) is 0.436. The van der Waals surface area contributed by atoms with E-state index < -0.39 is 10.0 Å². The first-order chi connectivity index (χ1) is 15.9. The van der Waals surface area contributed by atoms with Crippen LogP contribution >= 0.6 is 0 Å². The molecule has 2 aromatic rings. The fraction of sp³-hybridized carbons (Fsp3) is 0.500. The highest BCUT2D eigenvalue weighted by Gasteiger charge is 2.24. The zero-order chi connectivity index (χ0) is 23.8. The van der Waals surface area contributed by atoms with Gasteiger partial charge in [-0.25, -0.2) is 13.4 Å². The van der Waals surface area contributed by atoms with Crippen molar-refractivity contribution in [3.05, 3.63) is 47.7 Å². The number of piperazine rings is 1. The van der Waals surface area contributed by atoms with Crippen molar-refractivity contribution in [3.63, 3.8) is 0 Å². The number of nitrogens with zero attached hydrogens (tertiary/aromatic N) is 3. The molecule has 9 heteroatoms. The second-order valence-electron chi connectivity index (χ2n) is 8.41. The molecular weight excluding hydrogens is 438 g/mol. The highest BCUT2D eigenvalue weighted by Crippen LogP contribution is 2.25. The van der Waals surface area contributed by atoms with Gasteiger partial charge in [0.1, 0.15) is 5.82 Å². The molecule has 1 aliphatic rings. The number of sulfonamides is 1. The minimum Gasteiger partial charge on any atom is -0.353 e. The Balaban J connectivity index is 1.89. The molecule has 0 unspecified atom stereocenters. The summed E-state index contributed by atoms with van der Waals surface area (Å²) >= 11 is 0. The summed E-state index contributed by atoms with van der Waals surface area (Å²) in [5, 5.41) is 3.30. The van der Waals surface area contributed by atoms with Gasteiger partial charge in [0, 0.05) is 39.8 Å². The van der Waals surface area contributed by atoms with Gasteiger partial charge < -0.3 is 15.1 Å². The van der Waals surface area contributed by atoms with Gasteiger partial charge in [-0.3, -0.25) is 9.52 Å². The summed E-state index contributed by atoms with van der Waals surface area (Å²) in [6, 6.07) is 8.50. The number of aromatic nitrogens is 1. The maximum absolute atomic E-state index is 13.3. The third-order valence-electron chi connectivity index (χ3n) is 5.73. The lowest BCUT2D eigenvalue weighted by atomic mass is 10.1. The molecule has 0 radical (unpaired) electrons. The van der Waals surface area contributed by atoms with Crippen LogP contribution in [0.15, 0.2) is 41.4 Å². The quantitative estimate of drug-likeness (QED) is 0.551. The third-order valence-corrected chi connectivity index (χ3v) is 7.13. The number of rotatable bonds is 10. The van der Waals surface area contributed by atoms with Crippen molar-refractivity contribution >= 4 is 27.4 Å². The van der Waals surface area contributed by atoms with Crippen molar-refractivity contribution in [1.29, 1.82) is 0 Å². The van der Waals surface area contributed by atoms with Gasteiger partial charge in [-0.05, 0) is 36.6 Å². The third kappa shape index (κ3) is 6.45. The van der Waals surface area contributed by atoms with Crippen molar-refractivity contribution in [2.45, 2.75) is 44.4 Å². The van der Waals surface area contributed by atoms with E-state index in [1.54, 1.807) is 30.1 Å². The van der Waals surface area contributed by atoms with Gasteiger partial charge in [0.05, 0.1) is 22.3 Å². The van der Waals surface area contributed by atoms with E-state index in [0.717, 1.165) is 57.4 Å². The lowest BCUT2D eigenvalue weighted by Gasteiger charge is -2.30. The molecule has 1 fully saturated rings. The first kappa shape index (κ1) is 25.0. The Kier molecular flexibility index (Phi) is 8.68. The van der Waals surface area contributed by atoms with Crippen molar-refractivity contribution in [1.82, 2.24) is 15.2 Å². The number of anilines is 2. The standard InChI is InChI=1S/C24H35N5O3S/c1-4-6-14-28(3)24(30)22-17-20(18-26-23(22)29-15-12-25-13-16-29)27-33(31,32)21-10-8-19(7-5-2)9-11-21/h8-11,17-18,25,27H,4-7,12-16H2,1-3H3. The number of amides is 1. The number of hydrogen-bond donors (Lipinski definition) is 2. The zero-order valence-electron chi connectivity index (χ0n) is 19.8.